The van der Waals surface area contributed by atoms with E-state index in [4.69, 9.17) is 0 Å². The molecule has 0 saturated carbocycles. The average molecular weight is 510 g/mol. The Bertz CT molecular complexity index is 1040. The van der Waals surface area contributed by atoms with Gasteiger partial charge in [0.2, 0.25) is 21.8 Å². The zero-order chi connectivity index (χ0) is 23.2. The number of carbonyl (C=O) groups is 2. The Hall–Kier alpha value is -2.39. The van der Waals surface area contributed by atoms with Crippen molar-refractivity contribution >= 4 is 43.5 Å². The minimum absolute atomic E-state index is 0.169. The lowest BCUT2D eigenvalue weighted by Gasteiger charge is -2.31. The molecule has 1 N–H and O–H groups in total. The van der Waals surface area contributed by atoms with Crippen molar-refractivity contribution in [3.8, 4) is 0 Å². The van der Waals surface area contributed by atoms with Crippen LogP contribution >= 0.6 is 15.9 Å². The zero-order valence-electron chi connectivity index (χ0n) is 18.1. The molecule has 168 valence electrons. The summed E-state index contributed by atoms with van der Waals surface area (Å²) in [6.07, 6.45) is 1.06. The van der Waals surface area contributed by atoms with Crippen LogP contribution in [0.3, 0.4) is 0 Å². The fourth-order valence-electron chi connectivity index (χ4n) is 3.13. The van der Waals surface area contributed by atoms with Crippen molar-refractivity contribution in [2.75, 3.05) is 23.7 Å². The van der Waals surface area contributed by atoms with Gasteiger partial charge < -0.3 is 10.2 Å². The highest BCUT2D eigenvalue weighted by Crippen LogP contribution is 2.21. The van der Waals surface area contributed by atoms with Gasteiger partial charge in [0.15, 0.2) is 0 Å². The third-order valence-electron chi connectivity index (χ3n) is 4.73. The molecule has 0 aliphatic rings. The molecule has 7 nitrogen and oxygen atoms in total. The lowest BCUT2D eigenvalue weighted by atomic mass is 10.1. The summed E-state index contributed by atoms with van der Waals surface area (Å²) in [7, 11) is -3.72. The second-order valence-corrected chi connectivity index (χ2v) is 10.2. The largest absolute Gasteiger partial charge is 0.355 e. The SMILES string of the molecule is CCNC(=O)C(C)N(Cc1cccc(Br)c1)C(=O)CN(c1cccc(C)c1)S(C)(=O)=O. The lowest BCUT2D eigenvalue weighted by molar-refractivity contribution is -0.139. The maximum Gasteiger partial charge on any atom is 0.244 e. The Morgan fingerprint density at radius 3 is 2.39 bits per heavy atom. The molecule has 1 unspecified atom stereocenters. The second kappa shape index (κ2) is 10.8. The summed E-state index contributed by atoms with van der Waals surface area (Å²) in [5.41, 5.74) is 2.10. The van der Waals surface area contributed by atoms with Gasteiger partial charge in [-0.25, -0.2) is 8.42 Å². The third-order valence-corrected chi connectivity index (χ3v) is 6.36. The first-order valence-corrected chi connectivity index (χ1v) is 12.5. The van der Waals surface area contributed by atoms with E-state index >= 15 is 0 Å². The lowest BCUT2D eigenvalue weighted by Crippen LogP contribution is -2.51. The predicted octanol–water partition coefficient (Wildman–Crippen LogP) is 3.08. The minimum Gasteiger partial charge on any atom is -0.355 e. The average Bonchev–Trinajstić information content (AvgIpc) is 2.69. The van der Waals surface area contributed by atoms with Crippen LogP contribution in [0, 0.1) is 6.92 Å². The van der Waals surface area contributed by atoms with Gasteiger partial charge in [0.1, 0.15) is 12.6 Å². The van der Waals surface area contributed by atoms with E-state index in [2.05, 4.69) is 21.2 Å². The zero-order valence-corrected chi connectivity index (χ0v) is 20.5. The summed E-state index contributed by atoms with van der Waals surface area (Å²) >= 11 is 3.41. The van der Waals surface area contributed by atoms with Gasteiger partial charge >= 0.3 is 0 Å². The van der Waals surface area contributed by atoms with Gasteiger partial charge in [0.05, 0.1) is 11.9 Å². The molecule has 0 saturated heterocycles. The predicted molar refractivity (Wildman–Crippen MR) is 126 cm³/mol. The summed E-state index contributed by atoms with van der Waals surface area (Å²) in [4.78, 5) is 27.2. The van der Waals surface area contributed by atoms with Crippen LogP contribution in [-0.2, 0) is 26.2 Å². The van der Waals surface area contributed by atoms with Gasteiger partial charge in [0.25, 0.3) is 0 Å². The highest BCUT2D eigenvalue weighted by atomic mass is 79.9. The normalized spacial score (nSPS) is 12.2. The van der Waals surface area contributed by atoms with Crippen LogP contribution in [0.25, 0.3) is 0 Å². The Morgan fingerprint density at radius 1 is 1.13 bits per heavy atom. The van der Waals surface area contributed by atoms with Crippen molar-refractivity contribution in [1.29, 1.82) is 0 Å². The number of carbonyl (C=O) groups excluding carboxylic acids is 2. The summed E-state index contributed by atoms with van der Waals surface area (Å²) in [6.45, 7) is 5.48. The number of hydrogen-bond acceptors (Lipinski definition) is 4. The van der Waals surface area contributed by atoms with Crippen molar-refractivity contribution in [2.24, 2.45) is 0 Å². The molecular weight excluding hydrogens is 482 g/mol. The van der Waals surface area contributed by atoms with Crippen molar-refractivity contribution in [2.45, 2.75) is 33.4 Å². The number of sulfonamides is 1. The quantitative estimate of drug-likeness (QED) is 0.562. The molecule has 1 atom stereocenters. The van der Waals surface area contributed by atoms with E-state index in [1.165, 1.54) is 4.90 Å². The maximum absolute atomic E-state index is 13.3. The molecule has 0 aromatic heterocycles. The van der Waals surface area contributed by atoms with E-state index in [1.807, 2.05) is 37.3 Å². The molecule has 0 bridgehead atoms. The maximum atomic E-state index is 13.3. The number of likely N-dealkylation sites (N-methyl/N-ethyl adjacent to an activating group) is 1. The molecule has 2 amide bonds. The van der Waals surface area contributed by atoms with E-state index in [9.17, 15) is 18.0 Å². The van der Waals surface area contributed by atoms with Crippen LogP contribution in [0.2, 0.25) is 0 Å². The van der Waals surface area contributed by atoms with Gasteiger partial charge in [-0.05, 0) is 56.2 Å². The molecule has 9 heteroatoms. The second-order valence-electron chi connectivity index (χ2n) is 7.33. The van der Waals surface area contributed by atoms with Crippen LogP contribution in [0.1, 0.15) is 25.0 Å². The number of benzene rings is 2. The van der Waals surface area contributed by atoms with E-state index in [1.54, 1.807) is 32.0 Å². The molecule has 0 radical (unpaired) electrons. The summed E-state index contributed by atoms with van der Waals surface area (Å²) in [6, 6.07) is 13.6. The molecule has 0 spiro atoms. The number of hydrogen-bond donors (Lipinski definition) is 1. The third kappa shape index (κ3) is 7.07. The highest BCUT2D eigenvalue weighted by molar-refractivity contribution is 9.10. The Kier molecular flexibility index (Phi) is 8.64. The van der Waals surface area contributed by atoms with Gasteiger partial charge in [-0.15, -0.1) is 0 Å². The van der Waals surface area contributed by atoms with Crippen molar-refractivity contribution < 1.29 is 18.0 Å². The number of nitrogens with one attached hydrogen (secondary N) is 1. The molecule has 2 aromatic carbocycles. The Morgan fingerprint density at radius 2 is 1.81 bits per heavy atom. The van der Waals surface area contributed by atoms with E-state index in [0.717, 1.165) is 26.2 Å². The number of amides is 2. The molecule has 31 heavy (non-hydrogen) atoms. The van der Waals surface area contributed by atoms with E-state index in [0.29, 0.717) is 12.2 Å². The topological polar surface area (TPSA) is 86.8 Å². The summed E-state index contributed by atoms with van der Waals surface area (Å²) in [5.74, 6) is -0.766. The van der Waals surface area contributed by atoms with Gasteiger partial charge in [0, 0.05) is 17.6 Å². The number of aryl methyl sites for hydroxylation is 1. The first-order chi connectivity index (χ1) is 14.5. The first kappa shape index (κ1) is 24.9. The van der Waals surface area contributed by atoms with Crippen molar-refractivity contribution in [3.63, 3.8) is 0 Å². The fraction of sp³-hybridized carbons (Fsp3) is 0.364. The highest BCUT2D eigenvalue weighted by Gasteiger charge is 2.29. The monoisotopic (exact) mass is 509 g/mol. The number of halogens is 1. The molecule has 0 aliphatic heterocycles. The Balaban J connectivity index is 2.38. The van der Waals surface area contributed by atoms with Gasteiger partial charge in [-0.1, -0.05) is 40.2 Å². The standard InChI is InChI=1S/C22H28BrN3O4S/c1-5-24-22(28)17(3)25(14-18-9-7-10-19(23)13-18)21(27)15-26(31(4,29)30)20-11-6-8-16(2)12-20/h6-13,17H,5,14-15H2,1-4H3,(H,24,28). The summed E-state index contributed by atoms with van der Waals surface area (Å²) < 4.78 is 26.9. The molecular formula is C22H28BrN3O4S. The summed E-state index contributed by atoms with van der Waals surface area (Å²) in [5, 5.41) is 2.73. The number of anilines is 1. The number of nitrogens with zero attached hydrogens (tertiary/aromatic N) is 2. The van der Waals surface area contributed by atoms with Crippen LogP contribution in [-0.4, -0.2) is 50.5 Å². The van der Waals surface area contributed by atoms with Gasteiger partial charge in [-0.3, -0.25) is 13.9 Å². The van der Waals surface area contributed by atoms with E-state index < -0.39 is 28.5 Å². The van der Waals surface area contributed by atoms with Crippen LogP contribution in [0.4, 0.5) is 5.69 Å². The fourth-order valence-corrected chi connectivity index (χ4v) is 4.42. The minimum atomic E-state index is -3.72. The molecule has 2 aromatic rings. The molecule has 0 aliphatic carbocycles. The van der Waals surface area contributed by atoms with Crippen LogP contribution in [0.15, 0.2) is 53.0 Å². The molecule has 0 fully saturated rings. The van der Waals surface area contributed by atoms with Crippen LogP contribution in [0.5, 0.6) is 0 Å². The van der Waals surface area contributed by atoms with E-state index in [-0.39, 0.29) is 12.5 Å². The smallest absolute Gasteiger partial charge is 0.244 e. The van der Waals surface area contributed by atoms with Crippen molar-refractivity contribution in [3.05, 3.63) is 64.1 Å². The Labute approximate surface area is 192 Å². The molecule has 2 rings (SSSR count). The van der Waals surface area contributed by atoms with Crippen molar-refractivity contribution in [1.82, 2.24) is 10.2 Å². The van der Waals surface area contributed by atoms with Crippen LogP contribution < -0.4 is 9.62 Å². The number of rotatable bonds is 9. The van der Waals surface area contributed by atoms with Gasteiger partial charge in [-0.2, -0.15) is 0 Å². The first-order valence-electron chi connectivity index (χ1n) is 9.89. The molecule has 0 heterocycles.